The Morgan fingerprint density at radius 3 is 3.00 bits per heavy atom. The Balaban J connectivity index is 2.19. The quantitative estimate of drug-likeness (QED) is 0.393. The molecule has 3 amide bonds. The van der Waals surface area contributed by atoms with Gasteiger partial charge in [0.25, 0.3) is 0 Å². The number of imide groups is 1. The second-order valence-electron chi connectivity index (χ2n) is 3.00. The Hall–Kier alpha value is -1.14. The van der Waals surface area contributed by atoms with E-state index in [1.165, 1.54) is 0 Å². The second kappa shape index (κ2) is 2.43. The van der Waals surface area contributed by atoms with Crippen molar-refractivity contribution in [3.8, 4) is 0 Å². The third-order valence-electron chi connectivity index (χ3n) is 2.15. The van der Waals surface area contributed by atoms with Gasteiger partial charge in [-0.15, -0.1) is 0 Å². The maximum atomic E-state index is 11.2. The summed E-state index contributed by atoms with van der Waals surface area (Å²) < 4.78 is 0. The van der Waals surface area contributed by atoms with E-state index in [0.717, 1.165) is 0 Å². The molecule has 2 heterocycles. The number of likely N-dealkylation sites (N-methyl/N-ethyl adjacent to an activating group) is 1. The number of amides is 3. The molecule has 0 aromatic rings. The lowest BCUT2D eigenvalue weighted by molar-refractivity contribution is -0.123. The smallest absolute Gasteiger partial charge is 0.320 e. The van der Waals surface area contributed by atoms with E-state index in [-0.39, 0.29) is 18.1 Å². The molecule has 3 N–H and O–H groups in total. The largest absolute Gasteiger partial charge is 0.322 e. The van der Waals surface area contributed by atoms with Crippen LogP contribution in [0.5, 0.6) is 0 Å². The Morgan fingerprint density at radius 1 is 1.50 bits per heavy atom. The summed E-state index contributed by atoms with van der Waals surface area (Å²) in [5.74, 6) is -0.256. The van der Waals surface area contributed by atoms with Crippen molar-refractivity contribution < 1.29 is 9.59 Å². The van der Waals surface area contributed by atoms with Crippen LogP contribution < -0.4 is 16.0 Å². The molecular weight excluding hydrogens is 160 g/mol. The topological polar surface area (TPSA) is 73.5 Å². The maximum absolute atomic E-state index is 11.2. The number of urea groups is 1. The first-order valence-corrected chi connectivity index (χ1v) is 3.73. The summed E-state index contributed by atoms with van der Waals surface area (Å²) in [6.45, 7) is 0.614. The third-order valence-corrected chi connectivity index (χ3v) is 2.15. The van der Waals surface area contributed by atoms with Crippen LogP contribution in [0, 0.1) is 0 Å². The van der Waals surface area contributed by atoms with Gasteiger partial charge in [0.15, 0.2) is 0 Å². The number of fused-ring (bicyclic) bond motifs is 1. The summed E-state index contributed by atoms with van der Waals surface area (Å²) >= 11 is 0. The highest BCUT2D eigenvalue weighted by Gasteiger charge is 2.41. The van der Waals surface area contributed by atoms with Crippen molar-refractivity contribution in [2.24, 2.45) is 0 Å². The minimum Gasteiger partial charge on any atom is -0.320 e. The molecule has 2 aliphatic heterocycles. The zero-order valence-electron chi connectivity index (χ0n) is 6.63. The number of nitrogens with one attached hydrogen (secondary N) is 3. The normalized spacial score (nSPS) is 35.8. The fourth-order valence-corrected chi connectivity index (χ4v) is 1.50. The van der Waals surface area contributed by atoms with Crippen molar-refractivity contribution in [1.82, 2.24) is 20.9 Å². The summed E-state index contributed by atoms with van der Waals surface area (Å²) in [6.07, 6.45) is -0.203. The van der Waals surface area contributed by atoms with Crippen LogP contribution in [-0.4, -0.2) is 42.8 Å². The third kappa shape index (κ3) is 0.961. The number of carbonyl (C=O) groups excluding carboxylic acids is 2. The second-order valence-corrected chi connectivity index (χ2v) is 3.00. The van der Waals surface area contributed by atoms with E-state index in [1.54, 1.807) is 0 Å². The molecule has 0 aromatic heterocycles. The Kier molecular flexibility index (Phi) is 1.52. The van der Waals surface area contributed by atoms with Crippen molar-refractivity contribution in [3.05, 3.63) is 0 Å². The standard InChI is InChI=1S/C6H10N4O2/c1-10-2-7-3-4(10)8-6(12)9-5(3)11/h3-4,7H,2H2,1H3,(H2,8,9,11,12). The van der Waals surface area contributed by atoms with Gasteiger partial charge in [0.05, 0.1) is 6.67 Å². The van der Waals surface area contributed by atoms with E-state index in [4.69, 9.17) is 0 Å². The molecule has 0 saturated carbocycles. The molecule has 0 radical (unpaired) electrons. The highest BCUT2D eigenvalue weighted by molar-refractivity contribution is 6.00. The van der Waals surface area contributed by atoms with Gasteiger partial charge < -0.3 is 5.32 Å². The fourth-order valence-electron chi connectivity index (χ4n) is 1.50. The van der Waals surface area contributed by atoms with Gasteiger partial charge in [-0.25, -0.2) is 4.79 Å². The first-order valence-electron chi connectivity index (χ1n) is 3.73. The molecule has 2 saturated heterocycles. The number of hydrogen-bond acceptors (Lipinski definition) is 4. The average Bonchev–Trinajstić information content (AvgIpc) is 2.33. The minimum absolute atomic E-state index is 0.203. The first-order chi connectivity index (χ1) is 5.68. The lowest BCUT2D eigenvalue weighted by atomic mass is 10.2. The highest BCUT2D eigenvalue weighted by Crippen LogP contribution is 2.09. The zero-order valence-corrected chi connectivity index (χ0v) is 6.63. The number of rotatable bonds is 0. The Bertz CT molecular complexity index is 242. The van der Waals surface area contributed by atoms with E-state index < -0.39 is 6.03 Å². The summed E-state index contributed by atoms with van der Waals surface area (Å²) in [5.41, 5.74) is 0. The van der Waals surface area contributed by atoms with Crippen molar-refractivity contribution in [2.45, 2.75) is 12.2 Å². The van der Waals surface area contributed by atoms with Gasteiger partial charge in [0, 0.05) is 0 Å². The average molecular weight is 170 g/mol. The monoisotopic (exact) mass is 170 g/mol. The molecule has 2 rings (SSSR count). The highest BCUT2D eigenvalue weighted by atomic mass is 16.2. The number of hydrogen-bond donors (Lipinski definition) is 3. The van der Waals surface area contributed by atoms with E-state index in [1.807, 2.05) is 11.9 Å². The minimum atomic E-state index is -0.420. The number of nitrogens with zero attached hydrogens (tertiary/aromatic N) is 1. The van der Waals surface area contributed by atoms with Crippen molar-refractivity contribution >= 4 is 11.9 Å². The summed E-state index contributed by atoms with van der Waals surface area (Å²) in [6, 6.07) is -0.732. The molecule has 12 heavy (non-hydrogen) atoms. The molecular formula is C6H10N4O2. The number of carbonyl (C=O) groups is 2. The molecule has 2 unspecified atom stereocenters. The van der Waals surface area contributed by atoms with Crippen molar-refractivity contribution in [1.29, 1.82) is 0 Å². The van der Waals surface area contributed by atoms with Crippen LogP contribution in [0.15, 0.2) is 0 Å². The van der Waals surface area contributed by atoms with Crippen molar-refractivity contribution in [2.75, 3.05) is 13.7 Å². The van der Waals surface area contributed by atoms with Crippen LogP contribution in [0.2, 0.25) is 0 Å². The van der Waals surface area contributed by atoms with Gasteiger partial charge in [-0.05, 0) is 7.05 Å². The van der Waals surface area contributed by atoms with E-state index >= 15 is 0 Å². The molecule has 0 aliphatic carbocycles. The molecule has 6 heteroatoms. The van der Waals surface area contributed by atoms with Gasteiger partial charge >= 0.3 is 6.03 Å². The lowest BCUT2D eigenvalue weighted by Gasteiger charge is -2.28. The molecule has 6 nitrogen and oxygen atoms in total. The first kappa shape index (κ1) is 7.51. The maximum Gasteiger partial charge on any atom is 0.322 e. The molecule has 0 bridgehead atoms. The predicted molar refractivity (Wildman–Crippen MR) is 40.0 cm³/mol. The molecule has 2 fully saturated rings. The van der Waals surface area contributed by atoms with Crippen LogP contribution in [0.25, 0.3) is 0 Å². The zero-order chi connectivity index (χ0) is 8.72. The van der Waals surface area contributed by atoms with Crippen LogP contribution in [0.4, 0.5) is 4.79 Å². The summed E-state index contributed by atoms with van der Waals surface area (Å²) in [7, 11) is 1.84. The Labute approximate surface area is 69.3 Å². The van der Waals surface area contributed by atoms with Crippen LogP contribution in [-0.2, 0) is 4.79 Å². The molecule has 0 aromatic carbocycles. The molecule has 0 spiro atoms. The van der Waals surface area contributed by atoms with E-state index in [9.17, 15) is 9.59 Å². The van der Waals surface area contributed by atoms with Gasteiger partial charge in [0.1, 0.15) is 12.2 Å². The molecule has 2 atom stereocenters. The van der Waals surface area contributed by atoms with Crippen LogP contribution in [0.1, 0.15) is 0 Å². The SMILES string of the molecule is CN1CNC2C(=O)NC(=O)NC21. The van der Waals surface area contributed by atoms with Gasteiger partial charge in [-0.2, -0.15) is 0 Å². The predicted octanol–water partition coefficient (Wildman–Crippen LogP) is -1.99. The summed E-state index contributed by atoms with van der Waals surface area (Å²) in [4.78, 5) is 23.9. The van der Waals surface area contributed by atoms with E-state index in [2.05, 4.69) is 16.0 Å². The molecule has 66 valence electrons. The van der Waals surface area contributed by atoms with Crippen molar-refractivity contribution in [3.63, 3.8) is 0 Å². The lowest BCUT2D eigenvalue weighted by Crippen LogP contribution is -2.64. The van der Waals surface area contributed by atoms with E-state index in [0.29, 0.717) is 6.67 Å². The van der Waals surface area contributed by atoms with Crippen LogP contribution in [0.3, 0.4) is 0 Å². The summed E-state index contributed by atoms with van der Waals surface area (Å²) in [5, 5.41) is 7.82. The Morgan fingerprint density at radius 2 is 2.25 bits per heavy atom. The van der Waals surface area contributed by atoms with Gasteiger partial charge in [0.2, 0.25) is 5.91 Å². The van der Waals surface area contributed by atoms with Gasteiger partial charge in [-0.1, -0.05) is 0 Å². The molecule has 2 aliphatic rings. The fraction of sp³-hybridized carbons (Fsp3) is 0.667. The van der Waals surface area contributed by atoms with Gasteiger partial charge in [-0.3, -0.25) is 20.3 Å². The van der Waals surface area contributed by atoms with Crippen LogP contribution >= 0.6 is 0 Å².